The van der Waals surface area contributed by atoms with Crippen molar-refractivity contribution < 1.29 is 9.59 Å². The van der Waals surface area contributed by atoms with Gasteiger partial charge in [0.1, 0.15) is 0 Å². The van der Waals surface area contributed by atoms with Gasteiger partial charge < -0.3 is 5.32 Å². The number of hydrogen-bond acceptors (Lipinski definition) is 2. The molecule has 1 N–H and O–H groups in total. The summed E-state index contributed by atoms with van der Waals surface area (Å²) in [6, 6.07) is 9.31. The molecule has 1 aromatic rings. The first-order valence-corrected chi connectivity index (χ1v) is 6.76. The number of nitrogens with zero attached hydrogens (tertiary/aromatic N) is 1. The molecule has 0 saturated carbocycles. The van der Waals surface area contributed by atoms with Crippen molar-refractivity contribution in [3.8, 4) is 0 Å². The fourth-order valence-electron chi connectivity index (χ4n) is 2.51. The van der Waals surface area contributed by atoms with Crippen LogP contribution in [0.2, 0.25) is 0 Å². The van der Waals surface area contributed by atoms with Crippen LogP contribution in [-0.2, 0) is 11.3 Å². The van der Waals surface area contributed by atoms with Crippen molar-refractivity contribution in [2.45, 2.75) is 33.2 Å². The Morgan fingerprint density at radius 1 is 1.16 bits per heavy atom. The molecule has 4 heteroatoms. The lowest BCUT2D eigenvalue weighted by atomic mass is 9.79. The second-order valence-corrected chi connectivity index (χ2v) is 5.02. The third kappa shape index (κ3) is 2.48. The molecule has 1 fully saturated rings. The van der Waals surface area contributed by atoms with Gasteiger partial charge in [-0.15, -0.1) is 0 Å². The Morgan fingerprint density at radius 2 is 1.79 bits per heavy atom. The summed E-state index contributed by atoms with van der Waals surface area (Å²) in [7, 11) is 0. The van der Waals surface area contributed by atoms with Gasteiger partial charge in [-0.25, -0.2) is 4.79 Å². The van der Waals surface area contributed by atoms with Crippen LogP contribution in [0.4, 0.5) is 4.79 Å². The van der Waals surface area contributed by atoms with E-state index in [9.17, 15) is 9.59 Å². The molecule has 4 nitrogen and oxygen atoms in total. The van der Waals surface area contributed by atoms with Crippen molar-refractivity contribution in [3.63, 3.8) is 0 Å². The number of amides is 3. The van der Waals surface area contributed by atoms with Gasteiger partial charge in [0.15, 0.2) is 0 Å². The van der Waals surface area contributed by atoms with E-state index in [4.69, 9.17) is 0 Å². The highest BCUT2D eigenvalue weighted by molar-refractivity contribution is 6.00. The zero-order chi connectivity index (χ0) is 13.9. The Bertz CT molecular complexity index is 466. The summed E-state index contributed by atoms with van der Waals surface area (Å²) in [5, 5.41) is 2.84. The topological polar surface area (TPSA) is 49.4 Å². The summed E-state index contributed by atoms with van der Waals surface area (Å²) in [5.74, 6) is -0.0508. The maximum absolute atomic E-state index is 12.6. The largest absolute Gasteiger partial charge is 0.337 e. The van der Waals surface area contributed by atoms with Crippen LogP contribution >= 0.6 is 0 Å². The minimum absolute atomic E-state index is 0.0508. The van der Waals surface area contributed by atoms with Crippen molar-refractivity contribution >= 4 is 11.9 Å². The van der Waals surface area contributed by atoms with Crippen LogP contribution in [0, 0.1) is 5.41 Å². The zero-order valence-corrected chi connectivity index (χ0v) is 11.5. The van der Waals surface area contributed by atoms with Crippen molar-refractivity contribution in [1.82, 2.24) is 10.2 Å². The fourth-order valence-corrected chi connectivity index (χ4v) is 2.51. The van der Waals surface area contributed by atoms with Gasteiger partial charge in [0.2, 0.25) is 5.91 Å². The molecule has 0 aromatic heterocycles. The van der Waals surface area contributed by atoms with E-state index in [1.54, 1.807) is 0 Å². The summed E-state index contributed by atoms with van der Waals surface area (Å²) in [5.41, 5.74) is 0.525. The Balaban J connectivity index is 2.22. The Hall–Kier alpha value is -1.84. The van der Waals surface area contributed by atoms with E-state index in [0.717, 1.165) is 18.4 Å². The van der Waals surface area contributed by atoms with Crippen LogP contribution in [-0.4, -0.2) is 23.4 Å². The average molecular weight is 260 g/mol. The number of carbonyl (C=O) groups is 2. The third-order valence-electron chi connectivity index (χ3n) is 4.06. The monoisotopic (exact) mass is 260 g/mol. The van der Waals surface area contributed by atoms with Crippen molar-refractivity contribution in [2.75, 3.05) is 6.54 Å². The van der Waals surface area contributed by atoms with E-state index in [0.29, 0.717) is 13.1 Å². The molecule has 0 spiro atoms. The molecule has 1 aliphatic heterocycles. The van der Waals surface area contributed by atoms with Gasteiger partial charge in [-0.3, -0.25) is 9.69 Å². The average Bonchev–Trinajstić information content (AvgIpc) is 2.46. The summed E-state index contributed by atoms with van der Waals surface area (Å²) in [4.78, 5) is 25.9. The molecule has 102 valence electrons. The number of imide groups is 1. The molecule has 0 aliphatic carbocycles. The Kier molecular flexibility index (Phi) is 3.88. The molecule has 3 amide bonds. The lowest BCUT2D eigenvalue weighted by Gasteiger charge is -2.40. The van der Waals surface area contributed by atoms with E-state index in [-0.39, 0.29) is 11.9 Å². The minimum Gasteiger partial charge on any atom is -0.337 e. The smallest absolute Gasteiger partial charge is 0.324 e. The summed E-state index contributed by atoms with van der Waals surface area (Å²) in [6.45, 7) is 4.79. The van der Waals surface area contributed by atoms with Crippen LogP contribution in [0.1, 0.15) is 32.3 Å². The quantitative estimate of drug-likeness (QED) is 0.904. The second-order valence-electron chi connectivity index (χ2n) is 5.02. The van der Waals surface area contributed by atoms with E-state index in [1.807, 2.05) is 44.2 Å². The van der Waals surface area contributed by atoms with Crippen LogP contribution in [0.15, 0.2) is 30.3 Å². The first kappa shape index (κ1) is 13.6. The summed E-state index contributed by atoms with van der Waals surface area (Å²) in [6.07, 6.45) is 1.49. The van der Waals surface area contributed by atoms with Gasteiger partial charge in [0.25, 0.3) is 0 Å². The predicted molar refractivity (Wildman–Crippen MR) is 73.4 cm³/mol. The molecule has 0 radical (unpaired) electrons. The highest BCUT2D eigenvalue weighted by Crippen LogP contribution is 2.31. The van der Waals surface area contributed by atoms with Gasteiger partial charge in [-0.05, 0) is 18.4 Å². The number of benzene rings is 1. The number of carbonyl (C=O) groups excluding carboxylic acids is 2. The number of rotatable bonds is 4. The molecule has 0 unspecified atom stereocenters. The maximum atomic E-state index is 12.6. The summed E-state index contributed by atoms with van der Waals surface area (Å²) >= 11 is 0. The van der Waals surface area contributed by atoms with E-state index in [2.05, 4.69) is 5.32 Å². The number of urea groups is 1. The van der Waals surface area contributed by atoms with Gasteiger partial charge >= 0.3 is 6.03 Å². The lowest BCUT2D eigenvalue weighted by molar-refractivity contribution is -0.141. The first-order valence-electron chi connectivity index (χ1n) is 6.76. The highest BCUT2D eigenvalue weighted by Gasteiger charge is 2.44. The minimum atomic E-state index is -0.442. The Labute approximate surface area is 113 Å². The number of hydrogen-bond donors (Lipinski definition) is 1. The summed E-state index contributed by atoms with van der Waals surface area (Å²) < 4.78 is 0. The molecule has 2 rings (SSSR count). The van der Waals surface area contributed by atoms with Crippen LogP contribution < -0.4 is 5.32 Å². The van der Waals surface area contributed by atoms with Gasteiger partial charge in [-0.1, -0.05) is 44.2 Å². The maximum Gasteiger partial charge on any atom is 0.324 e. The second kappa shape index (κ2) is 5.43. The van der Waals surface area contributed by atoms with E-state index >= 15 is 0 Å². The molecule has 1 saturated heterocycles. The normalized spacial score (nSPS) is 18.3. The highest BCUT2D eigenvalue weighted by atomic mass is 16.2. The van der Waals surface area contributed by atoms with E-state index in [1.165, 1.54) is 4.90 Å². The third-order valence-corrected chi connectivity index (χ3v) is 4.06. The van der Waals surface area contributed by atoms with E-state index < -0.39 is 5.41 Å². The zero-order valence-electron chi connectivity index (χ0n) is 11.5. The molecule has 19 heavy (non-hydrogen) atoms. The molecular weight excluding hydrogens is 240 g/mol. The molecule has 0 bridgehead atoms. The van der Waals surface area contributed by atoms with Gasteiger partial charge in [0, 0.05) is 6.54 Å². The standard InChI is InChI=1S/C15H20N2O2/c1-3-15(4-2)11-16-14(19)17(13(15)18)10-12-8-6-5-7-9-12/h5-9H,3-4,10-11H2,1-2H3,(H,16,19). The molecular formula is C15H20N2O2. The van der Waals surface area contributed by atoms with Gasteiger partial charge in [0.05, 0.1) is 12.0 Å². The van der Waals surface area contributed by atoms with Crippen LogP contribution in [0.25, 0.3) is 0 Å². The molecule has 1 aromatic carbocycles. The predicted octanol–water partition coefficient (Wildman–Crippen LogP) is 2.54. The van der Waals surface area contributed by atoms with Crippen molar-refractivity contribution in [1.29, 1.82) is 0 Å². The lowest BCUT2D eigenvalue weighted by Crippen LogP contribution is -2.59. The molecule has 1 heterocycles. The molecule has 1 aliphatic rings. The van der Waals surface area contributed by atoms with Crippen molar-refractivity contribution in [2.24, 2.45) is 5.41 Å². The fraction of sp³-hybridized carbons (Fsp3) is 0.467. The van der Waals surface area contributed by atoms with Gasteiger partial charge in [-0.2, -0.15) is 0 Å². The Morgan fingerprint density at radius 3 is 2.37 bits per heavy atom. The van der Waals surface area contributed by atoms with Crippen LogP contribution in [0.3, 0.4) is 0 Å². The SMILES string of the molecule is CCC1(CC)CNC(=O)N(Cc2ccccc2)C1=O. The first-order chi connectivity index (χ1) is 9.13. The number of nitrogens with one attached hydrogen (secondary N) is 1. The van der Waals surface area contributed by atoms with Crippen molar-refractivity contribution in [3.05, 3.63) is 35.9 Å². The molecule has 0 atom stereocenters. The van der Waals surface area contributed by atoms with Crippen LogP contribution in [0.5, 0.6) is 0 Å².